The summed E-state index contributed by atoms with van der Waals surface area (Å²) in [5, 5.41) is 13.1. The third-order valence-electron chi connectivity index (χ3n) is 2.72. The molecule has 0 saturated carbocycles. The summed E-state index contributed by atoms with van der Waals surface area (Å²) in [6.07, 6.45) is 2.39. The number of hydrogen-bond acceptors (Lipinski definition) is 2. The van der Waals surface area contributed by atoms with Crippen molar-refractivity contribution in [3.8, 4) is 5.75 Å². The lowest BCUT2D eigenvalue weighted by atomic mass is 10.1. The van der Waals surface area contributed by atoms with Crippen molar-refractivity contribution in [2.45, 2.75) is 40.2 Å². The number of hydrogen-bond donors (Lipinski definition) is 2. The Hall–Kier alpha value is -1.02. The molecule has 0 amide bonds. The van der Waals surface area contributed by atoms with E-state index in [9.17, 15) is 5.11 Å². The summed E-state index contributed by atoms with van der Waals surface area (Å²) >= 11 is 0. The van der Waals surface area contributed by atoms with Crippen LogP contribution >= 0.6 is 0 Å². The lowest BCUT2D eigenvalue weighted by Gasteiger charge is -2.09. The number of phenols is 1. The van der Waals surface area contributed by atoms with E-state index in [0.717, 1.165) is 24.2 Å². The van der Waals surface area contributed by atoms with Crippen LogP contribution in [-0.4, -0.2) is 11.7 Å². The van der Waals surface area contributed by atoms with Crippen LogP contribution in [0.5, 0.6) is 5.75 Å². The van der Waals surface area contributed by atoms with Gasteiger partial charge in [-0.3, -0.25) is 0 Å². The highest BCUT2D eigenvalue weighted by molar-refractivity contribution is 5.40. The van der Waals surface area contributed by atoms with Crippen molar-refractivity contribution in [3.63, 3.8) is 0 Å². The van der Waals surface area contributed by atoms with Crippen molar-refractivity contribution >= 4 is 0 Å². The Balaban J connectivity index is 2.57. The summed E-state index contributed by atoms with van der Waals surface area (Å²) in [5.74, 6) is 0.405. The average molecular weight is 207 g/mol. The van der Waals surface area contributed by atoms with Crippen molar-refractivity contribution < 1.29 is 5.11 Å². The minimum absolute atomic E-state index is 0.405. The maximum Gasteiger partial charge on any atom is 0.120 e. The molecule has 0 fully saturated rings. The lowest BCUT2D eigenvalue weighted by molar-refractivity contribution is 0.463. The first-order valence-corrected chi connectivity index (χ1v) is 5.65. The van der Waals surface area contributed by atoms with Gasteiger partial charge in [-0.05, 0) is 44.0 Å². The summed E-state index contributed by atoms with van der Waals surface area (Å²) in [6, 6.07) is 3.90. The predicted molar refractivity (Wildman–Crippen MR) is 64.2 cm³/mol. The molecule has 0 heterocycles. The Morgan fingerprint density at radius 1 is 1.20 bits per heavy atom. The largest absolute Gasteiger partial charge is 0.508 e. The van der Waals surface area contributed by atoms with E-state index in [4.69, 9.17) is 0 Å². The summed E-state index contributed by atoms with van der Waals surface area (Å²) in [5.41, 5.74) is 3.37. The second-order valence-corrected chi connectivity index (χ2v) is 4.10. The Labute approximate surface area is 92.3 Å². The van der Waals surface area contributed by atoms with Gasteiger partial charge in [-0.25, -0.2) is 0 Å². The van der Waals surface area contributed by atoms with Crippen molar-refractivity contribution in [2.75, 3.05) is 6.54 Å². The van der Waals surface area contributed by atoms with Crippen LogP contribution in [0.2, 0.25) is 0 Å². The van der Waals surface area contributed by atoms with Crippen LogP contribution in [0.15, 0.2) is 12.1 Å². The fourth-order valence-corrected chi connectivity index (χ4v) is 1.53. The van der Waals surface area contributed by atoms with E-state index in [1.54, 1.807) is 0 Å². The summed E-state index contributed by atoms with van der Waals surface area (Å²) in [7, 11) is 0. The molecule has 0 bridgehead atoms. The van der Waals surface area contributed by atoms with E-state index in [-0.39, 0.29) is 0 Å². The molecule has 0 aliphatic rings. The number of unbranched alkanes of at least 4 members (excludes halogenated alkanes) is 1. The Morgan fingerprint density at radius 3 is 2.53 bits per heavy atom. The molecule has 0 aliphatic carbocycles. The van der Waals surface area contributed by atoms with Crippen LogP contribution in [-0.2, 0) is 6.54 Å². The summed E-state index contributed by atoms with van der Waals surface area (Å²) in [4.78, 5) is 0. The zero-order chi connectivity index (χ0) is 11.3. The highest BCUT2D eigenvalue weighted by atomic mass is 16.3. The first-order valence-electron chi connectivity index (χ1n) is 5.65. The van der Waals surface area contributed by atoms with Crippen molar-refractivity contribution in [1.82, 2.24) is 5.32 Å². The number of benzene rings is 1. The SMILES string of the molecule is CCCCNCc1cc(C)c(C)cc1O. The van der Waals surface area contributed by atoms with Gasteiger partial charge >= 0.3 is 0 Å². The second-order valence-electron chi connectivity index (χ2n) is 4.10. The second kappa shape index (κ2) is 5.76. The number of rotatable bonds is 5. The van der Waals surface area contributed by atoms with Gasteiger partial charge in [0, 0.05) is 12.1 Å². The van der Waals surface area contributed by atoms with Crippen LogP contribution in [0.3, 0.4) is 0 Å². The van der Waals surface area contributed by atoms with Gasteiger partial charge in [0.05, 0.1) is 0 Å². The van der Waals surface area contributed by atoms with Gasteiger partial charge in [0.15, 0.2) is 0 Å². The highest BCUT2D eigenvalue weighted by Gasteiger charge is 2.03. The maximum absolute atomic E-state index is 9.73. The molecule has 0 atom stereocenters. The Kier molecular flexibility index (Phi) is 4.63. The molecule has 0 aromatic heterocycles. The van der Waals surface area contributed by atoms with Crippen molar-refractivity contribution in [2.24, 2.45) is 0 Å². The number of aromatic hydroxyl groups is 1. The third-order valence-corrected chi connectivity index (χ3v) is 2.72. The molecule has 2 heteroatoms. The third kappa shape index (κ3) is 3.56. The van der Waals surface area contributed by atoms with Gasteiger partial charge in [0.2, 0.25) is 0 Å². The molecule has 1 aromatic rings. The fraction of sp³-hybridized carbons (Fsp3) is 0.538. The summed E-state index contributed by atoms with van der Waals surface area (Å²) in [6.45, 7) is 8.04. The standard InChI is InChI=1S/C13H21NO/c1-4-5-6-14-9-12-7-10(2)11(3)8-13(12)15/h7-8,14-15H,4-6,9H2,1-3H3. The van der Waals surface area contributed by atoms with Crippen molar-refractivity contribution in [3.05, 3.63) is 28.8 Å². The molecule has 0 radical (unpaired) electrons. The monoisotopic (exact) mass is 207 g/mol. The highest BCUT2D eigenvalue weighted by Crippen LogP contribution is 2.21. The van der Waals surface area contributed by atoms with Gasteiger partial charge < -0.3 is 10.4 Å². The minimum Gasteiger partial charge on any atom is -0.508 e. The van der Waals surface area contributed by atoms with Crippen LogP contribution in [0.1, 0.15) is 36.5 Å². The van der Waals surface area contributed by atoms with Crippen LogP contribution in [0, 0.1) is 13.8 Å². The molecule has 15 heavy (non-hydrogen) atoms. The van der Waals surface area contributed by atoms with E-state index in [1.165, 1.54) is 18.4 Å². The minimum atomic E-state index is 0.405. The number of aryl methyl sites for hydroxylation is 2. The number of nitrogens with one attached hydrogen (secondary N) is 1. The Bertz CT molecular complexity index is 321. The van der Waals surface area contributed by atoms with E-state index >= 15 is 0 Å². The number of phenolic OH excluding ortho intramolecular Hbond substituents is 1. The first-order chi connectivity index (χ1) is 7.15. The molecule has 0 saturated heterocycles. The quantitative estimate of drug-likeness (QED) is 0.728. The van der Waals surface area contributed by atoms with Gasteiger partial charge in [-0.2, -0.15) is 0 Å². The van der Waals surface area contributed by atoms with Crippen LogP contribution < -0.4 is 5.32 Å². The molecule has 2 nitrogen and oxygen atoms in total. The zero-order valence-electron chi connectivity index (χ0n) is 9.93. The van der Waals surface area contributed by atoms with Crippen LogP contribution in [0.25, 0.3) is 0 Å². The molecule has 0 spiro atoms. The normalized spacial score (nSPS) is 10.6. The van der Waals surface area contributed by atoms with Gasteiger partial charge in [0.25, 0.3) is 0 Å². The maximum atomic E-state index is 9.73. The molecule has 0 unspecified atom stereocenters. The smallest absolute Gasteiger partial charge is 0.120 e. The molecule has 2 N–H and O–H groups in total. The lowest BCUT2D eigenvalue weighted by Crippen LogP contribution is -2.14. The topological polar surface area (TPSA) is 32.3 Å². The van der Waals surface area contributed by atoms with Gasteiger partial charge in [-0.1, -0.05) is 19.4 Å². The predicted octanol–water partition coefficient (Wildman–Crippen LogP) is 2.90. The van der Waals surface area contributed by atoms with Gasteiger partial charge in [0.1, 0.15) is 5.75 Å². The average Bonchev–Trinajstić information content (AvgIpc) is 2.20. The Morgan fingerprint density at radius 2 is 1.87 bits per heavy atom. The molecular weight excluding hydrogens is 186 g/mol. The molecule has 0 aliphatic heterocycles. The van der Waals surface area contributed by atoms with E-state index in [0.29, 0.717) is 5.75 Å². The fourth-order valence-electron chi connectivity index (χ4n) is 1.53. The van der Waals surface area contributed by atoms with Crippen molar-refractivity contribution in [1.29, 1.82) is 0 Å². The molecular formula is C13H21NO. The molecule has 1 rings (SSSR count). The molecule has 84 valence electrons. The summed E-state index contributed by atoms with van der Waals surface area (Å²) < 4.78 is 0. The zero-order valence-corrected chi connectivity index (χ0v) is 9.93. The van der Waals surface area contributed by atoms with Gasteiger partial charge in [-0.15, -0.1) is 0 Å². The van der Waals surface area contributed by atoms with Crippen LogP contribution in [0.4, 0.5) is 0 Å². The first kappa shape index (κ1) is 12.1. The van der Waals surface area contributed by atoms with E-state index in [1.807, 2.05) is 13.0 Å². The molecule has 1 aromatic carbocycles. The van der Waals surface area contributed by atoms with E-state index < -0.39 is 0 Å². The van der Waals surface area contributed by atoms with E-state index in [2.05, 4.69) is 25.2 Å².